The second-order valence-corrected chi connectivity index (χ2v) is 8.60. The lowest BCUT2D eigenvalue weighted by atomic mass is 10.3. The van der Waals surface area contributed by atoms with Gasteiger partial charge in [0.05, 0.1) is 31.6 Å². The standard InChI is InChI=1S/C21H25N5O5S2/c1-5-30-18(28)10-14-11-32-20(22-14)23-17(27)12-33-21-25-24-19(26(21)3)13(2)31-16-8-6-15(29-4)7-9-16/h6-9,11,13H,5,10,12H2,1-4H3,(H,22,23,27). The molecule has 0 aliphatic heterocycles. The third-order valence-corrected chi connectivity index (χ3v) is 6.19. The van der Waals surface area contributed by atoms with E-state index in [4.69, 9.17) is 14.2 Å². The Labute approximate surface area is 199 Å². The monoisotopic (exact) mass is 491 g/mol. The van der Waals surface area contributed by atoms with Crippen LogP contribution < -0.4 is 14.8 Å². The van der Waals surface area contributed by atoms with Crippen molar-refractivity contribution in [2.75, 3.05) is 24.8 Å². The minimum Gasteiger partial charge on any atom is -0.497 e. The van der Waals surface area contributed by atoms with Crippen molar-refractivity contribution in [3.8, 4) is 11.5 Å². The van der Waals surface area contributed by atoms with E-state index in [-0.39, 0.29) is 30.2 Å². The van der Waals surface area contributed by atoms with Gasteiger partial charge in [0, 0.05) is 12.4 Å². The molecule has 0 saturated heterocycles. The zero-order valence-corrected chi connectivity index (χ0v) is 20.4. The maximum Gasteiger partial charge on any atom is 0.311 e. The molecule has 0 aliphatic rings. The molecule has 0 saturated carbocycles. The molecule has 1 N–H and O–H groups in total. The van der Waals surface area contributed by atoms with E-state index in [1.54, 1.807) is 24.0 Å². The van der Waals surface area contributed by atoms with E-state index in [9.17, 15) is 9.59 Å². The summed E-state index contributed by atoms with van der Waals surface area (Å²) in [6.45, 7) is 3.95. The average Bonchev–Trinajstić information content (AvgIpc) is 3.38. The van der Waals surface area contributed by atoms with Crippen molar-refractivity contribution in [1.82, 2.24) is 19.7 Å². The summed E-state index contributed by atoms with van der Waals surface area (Å²) in [5.41, 5.74) is 0.560. The number of thioether (sulfide) groups is 1. The molecule has 33 heavy (non-hydrogen) atoms. The van der Waals surface area contributed by atoms with Crippen LogP contribution in [0.3, 0.4) is 0 Å². The van der Waals surface area contributed by atoms with Crippen molar-refractivity contribution in [2.24, 2.45) is 7.05 Å². The molecular weight excluding hydrogens is 466 g/mol. The lowest BCUT2D eigenvalue weighted by Crippen LogP contribution is -2.15. The first-order valence-electron chi connectivity index (χ1n) is 10.1. The SMILES string of the molecule is CCOC(=O)Cc1csc(NC(=O)CSc2nnc(C(C)Oc3ccc(OC)cc3)n2C)n1. The molecule has 1 atom stereocenters. The molecule has 2 heterocycles. The third kappa shape index (κ3) is 6.93. The number of nitrogens with zero attached hydrogens (tertiary/aromatic N) is 4. The van der Waals surface area contributed by atoms with Crippen molar-refractivity contribution >= 4 is 40.1 Å². The normalized spacial score (nSPS) is 11.6. The zero-order valence-electron chi connectivity index (χ0n) is 18.7. The molecule has 10 nitrogen and oxygen atoms in total. The Kier molecular flexibility index (Phi) is 8.66. The quantitative estimate of drug-likeness (QED) is 0.318. The number of ether oxygens (including phenoxy) is 3. The number of carbonyl (C=O) groups excluding carboxylic acids is 2. The minimum absolute atomic E-state index is 0.0768. The van der Waals surface area contributed by atoms with Gasteiger partial charge in [0.2, 0.25) is 5.91 Å². The van der Waals surface area contributed by atoms with Gasteiger partial charge in [0.25, 0.3) is 0 Å². The Balaban J connectivity index is 1.51. The number of esters is 1. The summed E-state index contributed by atoms with van der Waals surface area (Å²) >= 11 is 2.51. The Morgan fingerprint density at radius 3 is 2.64 bits per heavy atom. The maximum atomic E-state index is 12.3. The molecule has 3 rings (SSSR count). The second-order valence-electron chi connectivity index (χ2n) is 6.80. The molecule has 1 unspecified atom stereocenters. The largest absolute Gasteiger partial charge is 0.497 e. The second kappa shape index (κ2) is 11.7. The van der Waals surface area contributed by atoms with Crippen LogP contribution in [0.15, 0.2) is 34.8 Å². The molecule has 12 heteroatoms. The van der Waals surface area contributed by atoms with Gasteiger partial charge in [0.1, 0.15) is 11.5 Å². The van der Waals surface area contributed by atoms with Gasteiger partial charge >= 0.3 is 5.97 Å². The van der Waals surface area contributed by atoms with Gasteiger partial charge in [-0.25, -0.2) is 4.98 Å². The molecular formula is C21H25N5O5S2. The number of amides is 1. The first kappa shape index (κ1) is 24.5. The van der Waals surface area contributed by atoms with Gasteiger partial charge in [-0.15, -0.1) is 21.5 Å². The number of hydrogen-bond acceptors (Lipinski definition) is 10. The Morgan fingerprint density at radius 1 is 1.21 bits per heavy atom. The van der Waals surface area contributed by atoms with E-state index < -0.39 is 0 Å². The van der Waals surface area contributed by atoms with Crippen LogP contribution in [0.2, 0.25) is 0 Å². The summed E-state index contributed by atoms with van der Waals surface area (Å²) in [6, 6.07) is 7.28. The molecule has 0 aliphatic carbocycles. The van der Waals surface area contributed by atoms with E-state index in [0.29, 0.717) is 34.2 Å². The third-order valence-electron chi connectivity index (χ3n) is 4.37. The van der Waals surface area contributed by atoms with Crippen LogP contribution in [-0.2, 0) is 27.8 Å². The van der Waals surface area contributed by atoms with Crippen molar-refractivity contribution in [3.63, 3.8) is 0 Å². The van der Waals surface area contributed by atoms with Gasteiger partial charge in [-0.05, 0) is 38.1 Å². The summed E-state index contributed by atoms with van der Waals surface area (Å²) in [5.74, 6) is 1.62. The summed E-state index contributed by atoms with van der Waals surface area (Å²) in [4.78, 5) is 28.1. The van der Waals surface area contributed by atoms with E-state index >= 15 is 0 Å². The highest BCUT2D eigenvalue weighted by atomic mass is 32.2. The first-order valence-corrected chi connectivity index (χ1v) is 12.0. The Morgan fingerprint density at radius 2 is 1.94 bits per heavy atom. The van der Waals surface area contributed by atoms with Crippen LogP contribution >= 0.6 is 23.1 Å². The number of rotatable bonds is 11. The van der Waals surface area contributed by atoms with Gasteiger partial charge in [-0.1, -0.05) is 11.8 Å². The number of aromatic nitrogens is 4. The molecule has 2 aromatic heterocycles. The highest BCUT2D eigenvalue weighted by Gasteiger charge is 2.18. The van der Waals surface area contributed by atoms with Crippen molar-refractivity contribution in [3.05, 3.63) is 41.2 Å². The van der Waals surface area contributed by atoms with Crippen LogP contribution in [0, 0.1) is 0 Å². The van der Waals surface area contributed by atoms with E-state index in [2.05, 4.69) is 20.5 Å². The van der Waals surface area contributed by atoms with Gasteiger partial charge in [-0.2, -0.15) is 0 Å². The van der Waals surface area contributed by atoms with Crippen molar-refractivity contribution < 1.29 is 23.8 Å². The summed E-state index contributed by atoms with van der Waals surface area (Å²) in [5, 5.41) is 13.9. The molecule has 1 amide bonds. The fourth-order valence-electron chi connectivity index (χ4n) is 2.81. The molecule has 176 valence electrons. The summed E-state index contributed by atoms with van der Waals surface area (Å²) < 4.78 is 17.8. The number of anilines is 1. The summed E-state index contributed by atoms with van der Waals surface area (Å²) in [7, 11) is 3.43. The number of nitrogens with one attached hydrogen (secondary N) is 1. The first-order chi connectivity index (χ1) is 15.9. The molecule has 0 bridgehead atoms. The van der Waals surface area contributed by atoms with E-state index in [1.807, 2.05) is 38.2 Å². The fourth-order valence-corrected chi connectivity index (χ4v) is 4.25. The average molecular weight is 492 g/mol. The smallest absolute Gasteiger partial charge is 0.311 e. The molecule has 0 fully saturated rings. The van der Waals surface area contributed by atoms with Crippen LogP contribution in [0.5, 0.6) is 11.5 Å². The lowest BCUT2D eigenvalue weighted by molar-refractivity contribution is -0.142. The number of methoxy groups -OCH3 is 1. The molecule has 0 spiro atoms. The van der Waals surface area contributed by atoms with Crippen LogP contribution in [0.1, 0.15) is 31.5 Å². The highest BCUT2D eigenvalue weighted by Crippen LogP contribution is 2.25. The zero-order chi connectivity index (χ0) is 23.8. The molecule has 0 radical (unpaired) electrons. The van der Waals surface area contributed by atoms with Gasteiger partial charge in [-0.3, -0.25) is 9.59 Å². The predicted octanol–water partition coefficient (Wildman–Crippen LogP) is 3.26. The van der Waals surface area contributed by atoms with Gasteiger partial charge in [0.15, 0.2) is 22.2 Å². The summed E-state index contributed by atoms with van der Waals surface area (Å²) in [6.07, 6.45) is -0.264. The molecule has 1 aromatic carbocycles. The van der Waals surface area contributed by atoms with Crippen molar-refractivity contribution in [1.29, 1.82) is 0 Å². The molecule has 3 aromatic rings. The number of carbonyl (C=O) groups is 2. The van der Waals surface area contributed by atoms with E-state index in [1.165, 1.54) is 23.1 Å². The van der Waals surface area contributed by atoms with Crippen molar-refractivity contribution in [2.45, 2.75) is 31.5 Å². The Bertz CT molecular complexity index is 1080. The fraction of sp³-hybridized carbons (Fsp3) is 0.381. The maximum absolute atomic E-state index is 12.3. The predicted molar refractivity (Wildman–Crippen MR) is 125 cm³/mol. The lowest BCUT2D eigenvalue weighted by Gasteiger charge is -2.14. The van der Waals surface area contributed by atoms with Crippen LogP contribution in [-0.4, -0.2) is 51.1 Å². The van der Waals surface area contributed by atoms with Gasteiger partial charge < -0.3 is 24.1 Å². The van der Waals surface area contributed by atoms with E-state index in [0.717, 1.165) is 5.75 Å². The Hall–Kier alpha value is -3.12. The number of thiazole rings is 1. The topological polar surface area (TPSA) is 117 Å². The van der Waals surface area contributed by atoms with Crippen LogP contribution in [0.4, 0.5) is 5.13 Å². The number of hydrogen-bond donors (Lipinski definition) is 1. The highest BCUT2D eigenvalue weighted by molar-refractivity contribution is 7.99. The number of benzene rings is 1. The van der Waals surface area contributed by atoms with Crippen LogP contribution in [0.25, 0.3) is 0 Å². The minimum atomic E-state index is -0.348.